The monoisotopic (exact) mass is 221 g/mol. The van der Waals surface area contributed by atoms with Crippen molar-refractivity contribution in [3.8, 4) is 6.07 Å². The molecule has 0 aromatic carbocycles. The first kappa shape index (κ1) is 10.9. The minimum absolute atomic E-state index is 0.727. The Balaban J connectivity index is 0.000000153. The summed E-state index contributed by atoms with van der Waals surface area (Å²) in [6.07, 6.45) is 7.31. The van der Waals surface area contributed by atoms with Gasteiger partial charge in [0.2, 0.25) is 0 Å². The molecule has 82 valence electrons. The van der Waals surface area contributed by atoms with Crippen molar-refractivity contribution in [2.45, 2.75) is 0 Å². The van der Waals surface area contributed by atoms with Gasteiger partial charge in [0.15, 0.2) is 0 Å². The largest absolute Gasteiger partial charge is 0.323 e. The molecule has 0 aliphatic carbocycles. The molecule has 3 nitrogen and oxygen atoms in total. The van der Waals surface area contributed by atoms with E-state index in [-0.39, 0.29) is 0 Å². The summed E-state index contributed by atoms with van der Waals surface area (Å²) in [6, 6.07) is 15.5. The van der Waals surface area contributed by atoms with E-state index in [4.69, 9.17) is 5.26 Å². The maximum atomic E-state index is 8.66. The number of pyridine rings is 2. The Morgan fingerprint density at radius 1 is 0.941 bits per heavy atom. The van der Waals surface area contributed by atoms with Crippen LogP contribution in [0.2, 0.25) is 0 Å². The van der Waals surface area contributed by atoms with Crippen LogP contribution in [0.3, 0.4) is 0 Å². The molecule has 0 fully saturated rings. The van der Waals surface area contributed by atoms with Crippen LogP contribution in [0, 0.1) is 11.3 Å². The van der Waals surface area contributed by atoms with Crippen LogP contribution in [-0.4, -0.2) is 9.38 Å². The van der Waals surface area contributed by atoms with E-state index in [0.717, 1.165) is 11.1 Å². The molecule has 0 saturated carbocycles. The van der Waals surface area contributed by atoms with Crippen molar-refractivity contribution < 1.29 is 0 Å². The van der Waals surface area contributed by atoms with Gasteiger partial charge in [-0.2, -0.15) is 5.26 Å². The van der Waals surface area contributed by atoms with Crippen molar-refractivity contribution in [1.29, 1.82) is 5.26 Å². The van der Waals surface area contributed by atoms with E-state index in [1.807, 2.05) is 59.3 Å². The van der Waals surface area contributed by atoms with Crippen LogP contribution in [0.25, 0.3) is 5.52 Å². The molecular weight excluding hydrogens is 210 g/mol. The Labute approximate surface area is 99.6 Å². The van der Waals surface area contributed by atoms with Crippen LogP contribution in [-0.2, 0) is 0 Å². The lowest BCUT2D eigenvalue weighted by atomic mass is 10.3. The van der Waals surface area contributed by atoms with Gasteiger partial charge in [0.05, 0.1) is 11.1 Å². The summed E-state index contributed by atoms with van der Waals surface area (Å²) < 4.78 is 1.93. The zero-order valence-electron chi connectivity index (χ0n) is 9.19. The van der Waals surface area contributed by atoms with Gasteiger partial charge in [0.1, 0.15) is 6.07 Å². The number of hydrogen-bond acceptors (Lipinski definition) is 2. The summed E-state index contributed by atoms with van der Waals surface area (Å²) >= 11 is 0. The Hall–Kier alpha value is -2.60. The molecule has 0 aliphatic rings. The van der Waals surface area contributed by atoms with Crippen LogP contribution >= 0.6 is 0 Å². The van der Waals surface area contributed by atoms with Gasteiger partial charge >= 0.3 is 0 Å². The fraction of sp³-hybridized carbons (Fsp3) is 0. The van der Waals surface area contributed by atoms with E-state index in [2.05, 4.69) is 11.1 Å². The predicted octanol–water partition coefficient (Wildman–Crippen LogP) is 2.89. The minimum atomic E-state index is 0.727. The molecule has 0 amide bonds. The van der Waals surface area contributed by atoms with Gasteiger partial charge in [0.25, 0.3) is 0 Å². The lowest BCUT2D eigenvalue weighted by molar-refractivity contribution is 1.20. The molecule has 0 saturated heterocycles. The van der Waals surface area contributed by atoms with Crippen LogP contribution in [0.15, 0.2) is 67.3 Å². The number of fused-ring (bicyclic) bond motifs is 1. The average molecular weight is 221 g/mol. The van der Waals surface area contributed by atoms with Crippen LogP contribution < -0.4 is 0 Å². The second kappa shape index (κ2) is 5.47. The van der Waals surface area contributed by atoms with Crippen molar-refractivity contribution in [1.82, 2.24) is 9.38 Å². The highest BCUT2D eigenvalue weighted by Crippen LogP contribution is 2.09. The maximum Gasteiger partial charge on any atom is 0.101 e. The minimum Gasteiger partial charge on any atom is -0.323 e. The summed E-state index contributed by atoms with van der Waals surface area (Å²) in [7, 11) is 0. The molecule has 3 rings (SSSR count). The molecule has 3 aromatic rings. The Bertz CT molecular complexity index is 594. The van der Waals surface area contributed by atoms with Crippen LogP contribution in [0.4, 0.5) is 0 Å². The van der Waals surface area contributed by atoms with Crippen molar-refractivity contribution >= 4 is 5.52 Å². The maximum absolute atomic E-state index is 8.66. The zero-order chi connectivity index (χ0) is 11.9. The van der Waals surface area contributed by atoms with Gasteiger partial charge in [-0.05, 0) is 30.3 Å². The normalized spacial score (nSPS) is 9.12. The predicted molar refractivity (Wildman–Crippen MR) is 66.3 cm³/mol. The molecule has 0 bridgehead atoms. The zero-order valence-corrected chi connectivity index (χ0v) is 9.19. The highest BCUT2D eigenvalue weighted by atomic mass is 14.8. The van der Waals surface area contributed by atoms with Gasteiger partial charge in [-0.3, -0.25) is 4.98 Å². The summed E-state index contributed by atoms with van der Waals surface area (Å²) in [6.45, 7) is 0. The van der Waals surface area contributed by atoms with E-state index in [0.29, 0.717) is 0 Å². The Morgan fingerprint density at radius 2 is 1.76 bits per heavy atom. The summed E-state index contributed by atoms with van der Waals surface area (Å²) in [5.74, 6) is 0. The SMILES string of the molecule is N#Cc1ccn2ccccc12.c1ccncc1. The Kier molecular flexibility index (Phi) is 3.51. The summed E-state index contributed by atoms with van der Waals surface area (Å²) in [4.78, 5) is 3.78. The van der Waals surface area contributed by atoms with Gasteiger partial charge in [0, 0.05) is 24.8 Å². The van der Waals surface area contributed by atoms with Gasteiger partial charge < -0.3 is 4.40 Å². The topological polar surface area (TPSA) is 41.1 Å². The van der Waals surface area contributed by atoms with Crippen LogP contribution in [0.1, 0.15) is 5.56 Å². The van der Waals surface area contributed by atoms with E-state index in [1.54, 1.807) is 12.4 Å². The number of rotatable bonds is 0. The van der Waals surface area contributed by atoms with Crippen molar-refractivity contribution in [3.05, 3.63) is 72.8 Å². The van der Waals surface area contributed by atoms with E-state index in [1.165, 1.54) is 0 Å². The standard InChI is InChI=1S/C9H6N2.C5H5N/c10-7-8-4-6-11-5-2-1-3-9(8)11;1-2-4-6-5-3-1/h1-6H;1-5H. The van der Waals surface area contributed by atoms with E-state index >= 15 is 0 Å². The van der Waals surface area contributed by atoms with Crippen molar-refractivity contribution in [3.63, 3.8) is 0 Å². The second-order valence-corrected chi connectivity index (χ2v) is 3.36. The fourth-order valence-corrected chi connectivity index (χ4v) is 1.46. The molecule has 0 aliphatic heterocycles. The molecule has 3 aromatic heterocycles. The van der Waals surface area contributed by atoms with Gasteiger partial charge in [-0.25, -0.2) is 0 Å². The second-order valence-electron chi connectivity index (χ2n) is 3.36. The number of hydrogen-bond donors (Lipinski definition) is 0. The number of nitrogens with zero attached hydrogens (tertiary/aromatic N) is 3. The third kappa shape index (κ3) is 2.70. The third-order valence-corrected chi connectivity index (χ3v) is 2.25. The summed E-state index contributed by atoms with van der Waals surface area (Å²) in [5.41, 5.74) is 1.70. The molecule has 0 spiro atoms. The van der Waals surface area contributed by atoms with Crippen molar-refractivity contribution in [2.75, 3.05) is 0 Å². The molecule has 0 radical (unpaired) electrons. The highest BCUT2D eigenvalue weighted by molar-refractivity contribution is 5.61. The summed E-state index contributed by atoms with van der Waals surface area (Å²) in [5, 5.41) is 8.66. The lowest BCUT2D eigenvalue weighted by Gasteiger charge is -1.90. The average Bonchev–Trinajstić information content (AvgIpc) is 2.84. The number of nitriles is 1. The third-order valence-electron chi connectivity index (χ3n) is 2.25. The smallest absolute Gasteiger partial charge is 0.101 e. The first-order valence-corrected chi connectivity index (χ1v) is 5.22. The Morgan fingerprint density at radius 3 is 2.35 bits per heavy atom. The molecular formula is C14H11N3. The fourth-order valence-electron chi connectivity index (χ4n) is 1.46. The van der Waals surface area contributed by atoms with Gasteiger partial charge in [-0.1, -0.05) is 12.1 Å². The molecule has 0 N–H and O–H groups in total. The highest BCUT2D eigenvalue weighted by Gasteiger charge is 1.97. The first-order valence-electron chi connectivity index (χ1n) is 5.22. The van der Waals surface area contributed by atoms with Gasteiger partial charge in [-0.15, -0.1) is 0 Å². The van der Waals surface area contributed by atoms with E-state index < -0.39 is 0 Å². The molecule has 3 heteroatoms. The van der Waals surface area contributed by atoms with E-state index in [9.17, 15) is 0 Å². The lowest BCUT2D eigenvalue weighted by Crippen LogP contribution is -1.78. The molecule has 17 heavy (non-hydrogen) atoms. The first-order chi connectivity index (χ1) is 8.42. The quantitative estimate of drug-likeness (QED) is 0.585. The molecule has 3 heterocycles. The van der Waals surface area contributed by atoms with Crippen molar-refractivity contribution in [2.24, 2.45) is 0 Å². The van der Waals surface area contributed by atoms with Crippen LogP contribution in [0.5, 0.6) is 0 Å². The molecule has 0 atom stereocenters. The number of aromatic nitrogens is 2. The molecule has 0 unspecified atom stereocenters.